The number of fused-ring (bicyclic) bond motifs is 1. The molecule has 2 N–H and O–H groups in total. The lowest BCUT2D eigenvalue weighted by atomic mass is 9.92. The van der Waals surface area contributed by atoms with Crippen molar-refractivity contribution in [3.8, 4) is 0 Å². The number of hydrogen-bond acceptors (Lipinski definition) is 2. The zero-order valence-electron chi connectivity index (χ0n) is 15.8. The SMILES string of the molecule is CC(O)C(NCc1ccccc1)(c1ccccc1)n1ccc2ccccc21.Cl. The van der Waals surface area contributed by atoms with Gasteiger partial charge in [0.1, 0.15) is 5.66 Å². The fraction of sp³-hybridized carbons (Fsp3) is 0.167. The summed E-state index contributed by atoms with van der Waals surface area (Å²) in [5.74, 6) is 0. The Balaban J connectivity index is 0.00000225. The molecule has 3 aromatic carbocycles. The first-order chi connectivity index (χ1) is 13.2. The second kappa shape index (κ2) is 8.61. The van der Waals surface area contributed by atoms with Gasteiger partial charge in [0.05, 0.1) is 6.10 Å². The van der Waals surface area contributed by atoms with Crippen LogP contribution in [0.2, 0.25) is 0 Å². The maximum Gasteiger partial charge on any atom is 0.147 e. The van der Waals surface area contributed by atoms with Crippen LogP contribution in [0.3, 0.4) is 0 Å². The van der Waals surface area contributed by atoms with Gasteiger partial charge in [-0.2, -0.15) is 0 Å². The molecule has 144 valence electrons. The maximum absolute atomic E-state index is 11.0. The number of aliphatic hydroxyl groups is 1. The Hall–Kier alpha value is -2.59. The summed E-state index contributed by atoms with van der Waals surface area (Å²) in [5, 5.41) is 15.9. The van der Waals surface area contributed by atoms with Gasteiger partial charge in [0, 0.05) is 18.3 Å². The molecule has 0 saturated heterocycles. The first-order valence-corrected chi connectivity index (χ1v) is 9.31. The van der Waals surface area contributed by atoms with E-state index < -0.39 is 11.8 Å². The summed E-state index contributed by atoms with van der Waals surface area (Å²) in [6, 6.07) is 30.8. The predicted octanol–water partition coefficient (Wildman–Crippen LogP) is 4.93. The van der Waals surface area contributed by atoms with Crippen LogP contribution in [-0.2, 0) is 12.2 Å². The highest BCUT2D eigenvalue weighted by molar-refractivity contribution is 5.85. The van der Waals surface area contributed by atoms with E-state index in [1.165, 1.54) is 5.56 Å². The van der Waals surface area contributed by atoms with Crippen molar-refractivity contribution in [2.24, 2.45) is 0 Å². The van der Waals surface area contributed by atoms with E-state index in [0.717, 1.165) is 16.5 Å². The molecular formula is C24H25ClN2O. The molecule has 3 nitrogen and oxygen atoms in total. The minimum absolute atomic E-state index is 0. The normalized spacial score (nSPS) is 14.2. The van der Waals surface area contributed by atoms with Crippen LogP contribution in [0.1, 0.15) is 18.1 Å². The molecule has 0 aliphatic rings. The summed E-state index contributed by atoms with van der Waals surface area (Å²) >= 11 is 0. The lowest BCUT2D eigenvalue weighted by Crippen LogP contribution is -2.55. The lowest BCUT2D eigenvalue weighted by Gasteiger charge is -2.40. The molecule has 28 heavy (non-hydrogen) atoms. The Kier molecular flexibility index (Phi) is 6.20. The number of halogens is 1. The second-order valence-corrected chi connectivity index (χ2v) is 6.89. The standard InChI is InChI=1S/C24H24N2O.ClH/c1-19(27)24(22-13-6-3-7-14-22,25-18-20-10-4-2-5-11-20)26-17-16-21-12-8-9-15-23(21)26;/h2-17,19,25,27H,18H2,1H3;1H. The van der Waals surface area contributed by atoms with Gasteiger partial charge in [0.15, 0.2) is 0 Å². The zero-order chi connectivity index (χ0) is 18.7. The number of rotatable bonds is 6. The molecule has 4 heteroatoms. The van der Waals surface area contributed by atoms with Crippen LogP contribution >= 0.6 is 12.4 Å². The Morgan fingerprint density at radius 1 is 0.857 bits per heavy atom. The van der Waals surface area contributed by atoms with Gasteiger partial charge in [-0.15, -0.1) is 12.4 Å². The maximum atomic E-state index is 11.0. The van der Waals surface area contributed by atoms with Gasteiger partial charge in [-0.3, -0.25) is 5.32 Å². The van der Waals surface area contributed by atoms with Crippen LogP contribution in [0.25, 0.3) is 10.9 Å². The van der Waals surface area contributed by atoms with Crippen molar-refractivity contribution >= 4 is 23.3 Å². The van der Waals surface area contributed by atoms with Gasteiger partial charge in [-0.25, -0.2) is 0 Å². The molecule has 2 atom stereocenters. The van der Waals surface area contributed by atoms with Crippen molar-refractivity contribution < 1.29 is 5.11 Å². The van der Waals surface area contributed by atoms with E-state index in [9.17, 15) is 5.11 Å². The number of aliphatic hydroxyl groups excluding tert-OH is 1. The van der Waals surface area contributed by atoms with E-state index in [0.29, 0.717) is 6.54 Å². The highest BCUT2D eigenvalue weighted by Crippen LogP contribution is 2.32. The van der Waals surface area contributed by atoms with Crippen molar-refractivity contribution in [1.29, 1.82) is 0 Å². The van der Waals surface area contributed by atoms with Gasteiger partial charge in [0.2, 0.25) is 0 Å². The van der Waals surface area contributed by atoms with E-state index in [4.69, 9.17) is 0 Å². The third-order valence-electron chi connectivity index (χ3n) is 5.20. The molecular weight excluding hydrogens is 368 g/mol. The van der Waals surface area contributed by atoms with Gasteiger partial charge in [-0.1, -0.05) is 78.9 Å². The summed E-state index contributed by atoms with van der Waals surface area (Å²) in [5.41, 5.74) is 2.51. The summed E-state index contributed by atoms with van der Waals surface area (Å²) in [7, 11) is 0. The first-order valence-electron chi connectivity index (χ1n) is 9.31. The largest absolute Gasteiger partial charge is 0.389 e. The van der Waals surface area contributed by atoms with E-state index in [1.54, 1.807) is 0 Å². The average molecular weight is 393 g/mol. The van der Waals surface area contributed by atoms with Crippen LogP contribution in [0, 0.1) is 0 Å². The number of benzene rings is 3. The molecule has 1 heterocycles. The number of aromatic nitrogens is 1. The van der Waals surface area contributed by atoms with Crippen molar-refractivity contribution in [3.63, 3.8) is 0 Å². The van der Waals surface area contributed by atoms with Crippen LogP contribution in [0.4, 0.5) is 0 Å². The topological polar surface area (TPSA) is 37.2 Å². The van der Waals surface area contributed by atoms with Crippen LogP contribution in [-0.4, -0.2) is 15.8 Å². The van der Waals surface area contributed by atoms with E-state index >= 15 is 0 Å². The minimum atomic E-state index is -0.778. The third-order valence-corrected chi connectivity index (χ3v) is 5.20. The van der Waals surface area contributed by atoms with Crippen molar-refractivity contribution in [3.05, 3.63) is 108 Å². The minimum Gasteiger partial charge on any atom is -0.389 e. The molecule has 0 saturated carbocycles. The summed E-state index contributed by atoms with van der Waals surface area (Å²) in [4.78, 5) is 0. The lowest BCUT2D eigenvalue weighted by molar-refractivity contribution is 0.0520. The van der Waals surface area contributed by atoms with E-state index in [2.05, 4.69) is 58.5 Å². The van der Waals surface area contributed by atoms with Crippen LogP contribution < -0.4 is 5.32 Å². The molecule has 0 spiro atoms. The highest BCUT2D eigenvalue weighted by atomic mass is 35.5. The molecule has 2 unspecified atom stereocenters. The van der Waals surface area contributed by atoms with Crippen molar-refractivity contribution in [2.45, 2.75) is 25.2 Å². The quantitative estimate of drug-likeness (QED) is 0.488. The molecule has 1 aromatic heterocycles. The van der Waals surface area contributed by atoms with Crippen LogP contribution in [0.15, 0.2) is 97.2 Å². The summed E-state index contributed by atoms with van der Waals surface area (Å²) < 4.78 is 2.16. The number of hydrogen-bond donors (Lipinski definition) is 2. The monoisotopic (exact) mass is 392 g/mol. The fourth-order valence-electron chi connectivity index (χ4n) is 3.83. The molecule has 0 aliphatic heterocycles. The van der Waals surface area contributed by atoms with Gasteiger partial charge < -0.3 is 9.67 Å². The Morgan fingerprint density at radius 2 is 1.46 bits per heavy atom. The second-order valence-electron chi connectivity index (χ2n) is 6.89. The number of para-hydroxylation sites is 1. The predicted molar refractivity (Wildman–Crippen MR) is 118 cm³/mol. The van der Waals surface area contributed by atoms with Gasteiger partial charge in [-0.05, 0) is 35.6 Å². The Bertz CT molecular complexity index is 1010. The van der Waals surface area contributed by atoms with Crippen molar-refractivity contribution in [1.82, 2.24) is 9.88 Å². The van der Waals surface area contributed by atoms with E-state index in [-0.39, 0.29) is 12.4 Å². The first kappa shape index (κ1) is 20.2. The smallest absolute Gasteiger partial charge is 0.147 e. The molecule has 0 aliphatic carbocycles. The molecule has 0 amide bonds. The Morgan fingerprint density at radius 3 is 2.14 bits per heavy atom. The molecule has 4 aromatic rings. The Labute approximate surface area is 172 Å². The third kappa shape index (κ3) is 3.57. The number of nitrogens with one attached hydrogen (secondary N) is 1. The average Bonchev–Trinajstić information content (AvgIpc) is 3.15. The fourth-order valence-corrected chi connectivity index (χ4v) is 3.83. The molecule has 0 bridgehead atoms. The summed E-state index contributed by atoms with van der Waals surface area (Å²) in [6.07, 6.45) is 1.40. The molecule has 0 fully saturated rings. The number of nitrogens with zero attached hydrogens (tertiary/aromatic N) is 1. The summed E-state index contributed by atoms with van der Waals surface area (Å²) in [6.45, 7) is 2.49. The molecule has 0 radical (unpaired) electrons. The van der Waals surface area contributed by atoms with Crippen LogP contribution in [0.5, 0.6) is 0 Å². The van der Waals surface area contributed by atoms with Gasteiger partial charge in [0.25, 0.3) is 0 Å². The zero-order valence-corrected chi connectivity index (χ0v) is 16.6. The van der Waals surface area contributed by atoms with Crippen molar-refractivity contribution in [2.75, 3.05) is 0 Å². The van der Waals surface area contributed by atoms with Gasteiger partial charge >= 0.3 is 0 Å². The van der Waals surface area contributed by atoms with E-state index in [1.807, 2.05) is 55.5 Å². The molecule has 4 rings (SSSR count). The highest BCUT2D eigenvalue weighted by Gasteiger charge is 2.39.